The van der Waals surface area contributed by atoms with Gasteiger partial charge in [0.25, 0.3) is 0 Å². The summed E-state index contributed by atoms with van der Waals surface area (Å²) in [5.74, 6) is -0.0912. The number of hydrogen-bond acceptors (Lipinski definition) is 3. The molecule has 0 aliphatic carbocycles. The molecule has 1 heterocycles. The Morgan fingerprint density at radius 3 is 2.83 bits per heavy atom. The first-order valence-electron chi connectivity index (χ1n) is 3.98. The van der Waals surface area contributed by atoms with Gasteiger partial charge in [-0.05, 0) is 13.0 Å². The van der Waals surface area contributed by atoms with Crippen LogP contribution < -0.4 is 5.32 Å². The molecule has 0 aromatic heterocycles. The maximum Gasteiger partial charge on any atom is 0.243 e. The van der Waals surface area contributed by atoms with E-state index in [1.165, 1.54) is 6.08 Å². The molecule has 68 valence electrons. The topological polar surface area (TPSA) is 32.3 Å². The summed E-state index contributed by atoms with van der Waals surface area (Å²) in [4.78, 5) is 13.0. The van der Waals surface area contributed by atoms with Crippen molar-refractivity contribution in [3.05, 3.63) is 12.7 Å². The van der Waals surface area contributed by atoms with Crippen molar-refractivity contribution in [2.45, 2.75) is 18.3 Å². The van der Waals surface area contributed by atoms with Gasteiger partial charge in [0.2, 0.25) is 5.91 Å². The Bertz CT molecular complexity index is 187. The average molecular weight is 186 g/mol. The molecule has 0 aromatic carbocycles. The third kappa shape index (κ3) is 2.25. The van der Waals surface area contributed by atoms with E-state index in [1.54, 1.807) is 0 Å². The number of rotatable bonds is 3. The van der Waals surface area contributed by atoms with E-state index in [0.717, 1.165) is 13.1 Å². The predicted molar refractivity (Wildman–Crippen MR) is 52.1 cm³/mol. The fraction of sp³-hybridized carbons (Fsp3) is 0.625. The van der Waals surface area contributed by atoms with Crippen LogP contribution in [0.25, 0.3) is 0 Å². The molecule has 1 unspecified atom stereocenters. The summed E-state index contributed by atoms with van der Waals surface area (Å²) in [6.07, 6.45) is 1.30. The van der Waals surface area contributed by atoms with Crippen molar-refractivity contribution in [1.29, 1.82) is 0 Å². The lowest BCUT2D eigenvalue weighted by molar-refractivity contribution is -0.118. The van der Waals surface area contributed by atoms with E-state index < -0.39 is 0 Å². The normalized spacial score (nSPS) is 21.2. The van der Waals surface area contributed by atoms with Gasteiger partial charge in [-0.15, -0.1) is 0 Å². The van der Waals surface area contributed by atoms with Crippen molar-refractivity contribution in [2.24, 2.45) is 0 Å². The standard InChI is InChI=1S/C8H14N2OS/c1-3-8(11)9-7-4-10(5-7)6(2)12/h3,6-7,12H,1,4-5H2,2H3,(H,9,11). The first kappa shape index (κ1) is 9.61. The quantitative estimate of drug-likeness (QED) is 0.489. The third-order valence-corrected chi connectivity index (χ3v) is 2.30. The summed E-state index contributed by atoms with van der Waals surface area (Å²) >= 11 is 4.27. The second kappa shape index (κ2) is 3.96. The zero-order valence-corrected chi connectivity index (χ0v) is 8.05. The average Bonchev–Trinajstić information content (AvgIpc) is 1.94. The number of carbonyl (C=O) groups excluding carboxylic acids is 1. The van der Waals surface area contributed by atoms with Gasteiger partial charge in [0.1, 0.15) is 0 Å². The van der Waals surface area contributed by atoms with Gasteiger partial charge in [0.15, 0.2) is 0 Å². The van der Waals surface area contributed by atoms with Gasteiger partial charge in [-0.2, -0.15) is 12.6 Å². The molecule has 12 heavy (non-hydrogen) atoms. The number of carbonyl (C=O) groups is 1. The van der Waals surface area contributed by atoms with Crippen molar-refractivity contribution in [3.63, 3.8) is 0 Å². The fourth-order valence-electron chi connectivity index (χ4n) is 1.17. The summed E-state index contributed by atoms with van der Waals surface area (Å²) in [6.45, 7) is 7.19. The molecule has 0 spiro atoms. The van der Waals surface area contributed by atoms with Crippen molar-refractivity contribution >= 4 is 18.5 Å². The van der Waals surface area contributed by atoms with Crippen LogP contribution >= 0.6 is 12.6 Å². The van der Waals surface area contributed by atoms with Crippen molar-refractivity contribution in [3.8, 4) is 0 Å². The molecule has 1 aliphatic rings. The number of thiol groups is 1. The monoisotopic (exact) mass is 186 g/mol. The largest absolute Gasteiger partial charge is 0.347 e. The molecular formula is C8H14N2OS. The Balaban J connectivity index is 2.17. The molecule has 4 heteroatoms. The van der Waals surface area contributed by atoms with Crippen LogP contribution in [0.4, 0.5) is 0 Å². The lowest BCUT2D eigenvalue weighted by atomic mass is 10.1. The van der Waals surface area contributed by atoms with E-state index >= 15 is 0 Å². The van der Waals surface area contributed by atoms with Crippen LogP contribution in [0.15, 0.2) is 12.7 Å². The van der Waals surface area contributed by atoms with Crippen LogP contribution in [-0.2, 0) is 4.79 Å². The van der Waals surface area contributed by atoms with E-state index in [-0.39, 0.29) is 17.3 Å². The van der Waals surface area contributed by atoms with Crippen LogP contribution in [0, 0.1) is 0 Å². The summed E-state index contributed by atoms with van der Waals surface area (Å²) in [6, 6.07) is 0.282. The first-order chi connectivity index (χ1) is 5.63. The zero-order chi connectivity index (χ0) is 9.14. The van der Waals surface area contributed by atoms with E-state index in [0.29, 0.717) is 0 Å². The summed E-state index contributed by atoms with van der Waals surface area (Å²) in [7, 11) is 0. The maximum atomic E-state index is 10.8. The number of nitrogens with one attached hydrogen (secondary N) is 1. The Kier molecular flexibility index (Phi) is 3.17. The van der Waals surface area contributed by atoms with E-state index in [4.69, 9.17) is 0 Å². The third-order valence-electron chi connectivity index (χ3n) is 1.97. The molecule has 0 radical (unpaired) electrons. The molecule has 0 saturated carbocycles. The molecule has 1 amide bonds. The molecular weight excluding hydrogens is 172 g/mol. The van der Waals surface area contributed by atoms with Crippen LogP contribution in [-0.4, -0.2) is 35.3 Å². The van der Waals surface area contributed by atoms with E-state index in [9.17, 15) is 4.79 Å². The van der Waals surface area contributed by atoms with Crippen LogP contribution in [0.5, 0.6) is 0 Å². The van der Waals surface area contributed by atoms with Crippen LogP contribution in [0.2, 0.25) is 0 Å². The highest BCUT2D eigenvalue weighted by Crippen LogP contribution is 2.13. The molecule has 1 fully saturated rings. The lowest BCUT2D eigenvalue weighted by Crippen LogP contribution is -2.60. The minimum Gasteiger partial charge on any atom is -0.347 e. The second-order valence-electron chi connectivity index (χ2n) is 3.00. The SMILES string of the molecule is C=CC(=O)NC1CN(C(C)S)C1. The van der Waals surface area contributed by atoms with Crippen LogP contribution in [0.1, 0.15) is 6.92 Å². The van der Waals surface area contributed by atoms with Crippen molar-refractivity contribution in [2.75, 3.05) is 13.1 Å². The number of nitrogens with zero attached hydrogens (tertiary/aromatic N) is 1. The molecule has 0 aromatic rings. The molecule has 1 rings (SSSR count). The van der Waals surface area contributed by atoms with Crippen molar-refractivity contribution in [1.82, 2.24) is 10.2 Å². The molecule has 1 aliphatic heterocycles. The molecule has 3 nitrogen and oxygen atoms in total. The maximum absolute atomic E-state index is 10.8. The number of hydrogen-bond donors (Lipinski definition) is 2. The highest BCUT2D eigenvalue weighted by atomic mass is 32.1. The minimum absolute atomic E-state index is 0.0912. The predicted octanol–water partition coefficient (Wildman–Crippen LogP) is 0.249. The van der Waals surface area contributed by atoms with Crippen LogP contribution in [0.3, 0.4) is 0 Å². The smallest absolute Gasteiger partial charge is 0.243 e. The highest BCUT2D eigenvalue weighted by molar-refractivity contribution is 7.80. The number of likely N-dealkylation sites (tertiary alicyclic amines) is 1. The Labute approximate surface area is 78.2 Å². The Morgan fingerprint density at radius 1 is 1.83 bits per heavy atom. The zero-order valence-electron chi connectivity index (χ0n) is 7.16. The minimum atomic E-state index is -0.0912. The fourth-order valence-corrected chi connectivity index (χ4v) is 1.36. The van der Waals surface area contributed by atoms with Gasteiger partial charge in [0.05, 0.1) is 11.4 Å². The van der Waals surface area contributed by atoms with Gasteiger partial charge < -0.3 is 5.32 Å². The Morgan fingerprint density at radius 2 is 2.42 bits per heavy atom. The molecule has 0 bridgehead atoms. The van der Waals surface area contributed by atoms with E-state index in [2.05, 4.69) is 29.4 Å². The summed E-state index contributed by atoms with van der Waals surface area (Å²) in [5, 5.41) is 3.10. The number of amides is 1. The van der Waals surface area contributed by atoms with Gasteiger partial charge in [-0.1, -0.05) is 6.58 Å². The highest BCUT2D eigenvalue weighted by Gasteiger charge is 2.29. The van der Waals surface area contributed by atoms with Gasteiger partial charge in [-0.25, -0.2) is 0 Å². The second-order valence-corrected chi connectivity index (χ2v) is 3.74. The molecule has 1 N–H and O–H groups in total. The van der Waals surface area contributed by atoms with Crippen molar-refractivity contribution < 1.29 is 4.79 Å². The first-order valence-corrected chi connectivity index (χ1v) is 4.50. The summed E-state index contributed by atoms with van der Waals surface area (Å²) in [5.41, 5.74) is 0. The van der Waals surface area contributed by atoms with E-state index in [1.807, 2.05) is 6.92 Å². The lowest BCUT2D eigenvalue weighted by Gasteiger charge is -2.41. The van der Waals surface area contributed by atoms with Gasteiger partial charge in [-0.3, -0.25) is 9.69 Å². The molecule has 1 atom stereocenters. The summed E-state index contributed by atoms with van der Waals surface area (Å²) < 4.78 is 0. The van der Waals surface area contributed by atoms with Gasteiger partial charge in [0, 0.05) is 13.1 Å². The van der Waals surface area contributed by atoms with Gasteiger partial charge >= 0.3 is 0 Å². The Hall–Kier alpha value is -0.480. The molecule has 1 saturated heterocycles.